The van der Waals surface area contributed by atoms with E-state index in [1.807, 2.05) is 6.92 Å². The van der Waals surface area contributed by atoms with Crippen LogP contribution in [-0.4, -0.2) is 35.1 Å². The van der Waals surface area contributed by atoms with E-state index in [0.29, 0.717) is 11.8 Å². The van der Waals surface area contributed by atoms with Crippen LogP contribution in [-0.2, 0) is 4.79 Å². The summed E-state index contributed by atoms with van der Waals surface area (Å²) in [5.74, 6) is -0.669. The molecular formula is C12H23NO2. The second-order valence-corrected chi connectivity index (χ2v) is 5.32. The molecule has 1 rings (SSSR count). The lowest BCUT2D eigenvalue weighted by molar-refractivity contribution is -0.143. The first-order valence-corrected chi connectivity index (χ1v) is 5.93. The van der Waals surface area contributed by atoms with Crippen molar-refractivity contribution in [2.45, 2.75) is 52.5 Å². The summed E-state index contributed by atoms with van der Waals surface area (Å²) in [5, 5.41) is 9.11. The zero-order chi connectivity index (χ0) is 11.5. The highest BCUT2D eigenvalue weighted by molar-refractivity contribution is 5.73. The van der Waals surface area contributed by atoms with Gasteiger partial charge in [0.1, 0.15) is 6.04 Å². The Morgan fingerprint density at radius 3 is 2.60 bits per heavy atom. The molecule has 0 aromatic rings. The Labute approximate surface area is 92.5 Å². The number of carboxylic acids is 1. The van der Waals surface area contributed by atoms with E-state index in [0.717, 1.165) is 25.9 Å². The molecule has 1 aliphatic rings. The zero-order valence-corrected chi connectivity index (χ0v) is 10.1. The predicted octanol–water partition coefficient (Wildman–Crippen LogP) is 2.36. The average molecular weight is 213 g/mol. The summed E-state index contributed by atoms with van der Waals surface area (Å²) in [6.07, 6.45) is 4.14. The van der Waals surface area contributed by atoms with Crippen LogP contribution < -0.4 is 0 Å². The van der Waals surface area contributed by atoms with E-state index < -0.39 is 5.97 Å². The Balaban J connectivity index is 2.60. The minimum Gasteiger partial charge on any atom is -0.480 e. The summed E-state index contributed by atoms with van der Waals surface area (Å²) in [6.45, 7) is 8.37. The molecular weight excluding hydrogens is 190 g/mol. The van der Waals surface area contributed by atoms with Crippen LogP contribution in [0.15, 0.2) is 0 Å². The van der Waals surface area contributed by atoms with Crippen molar-refractivity contribution >= 4 is 5.97 Å². The largest absolute Gasteiger partial charge is 0.480 e. The highest BCUT2D eigenvalue weighted by Crippen LogP contribution is 2.30. The molecule has 1 aliphatic heterocycles. The van der Waals surface area contributed by atoms with Crippen LogP contribution in [0.3, 0.4) is 0 Å². The minimum atomic E-state index is -0.669. The van der Waals surface area contributed by atoms with E-state index >= 15 is 0 Å². The fraction of sp³-hybridized carbons (Fsp3) is 0.917. The monoisotopic (exact) mass is 213 g/mol. The van der Waals surface area contributed by atoms with E-state index in [2.05, 4.69) is 18.7 Å². The molecule has 1 unspecified atom stereocenters. The molecule has 1 heterocycles. The summed E-state index contributed by atoms with van der Waals surface area (Å²) >= 11 is 0. The molecule has 1 saturated heterocycles. The minimum absolute atomic E-state index is 0.279. The van der Waals surface area contributed by atoms with Crippen LogP contribution >= 0.6 is 0 Å². The van der Waals surface area contributed by atoms with E-state index in [9.17, 15) is 4.79 Å². The smallest absolute Gasteiger partial charge is 0.320 e. The first-order valence-electron chi connectivity index (χ1n) is 5.93. The van der Waals surface area contributed by atoms with Gasteiger partial charge in [0.25, 0.3) is 0 Å². The van der Waals surface area contributed by atoms with Crippen molar-refractivity contribution in [3.63, 3.8) is 0 Å². The lowest BCUT2D eigenvalue weighted by Gasteiger charge is -2.27. The summed E-state index contributed by atoms with van der Waals surface area (Å²) < 4.78 is 0. The number of aliphatic carboxylic acids is 1. The summed E-state index contributed by atoms with van der Waals surface area (Å²) in [7, 11) is 0. The summed E-state index contributed by atoms with van der Waals surface area (Å²) in [5.41, 5.74) is 0.381. The van der Waals surface area contributed by atoms with E-state index in [1.54, 1.807) is 0 Å². The number of hydrogen-bond donors (Lipinski definition) is 1. The quantitative estimate of drug-likeness (QED) is 0.782. The van der Waals surface area contributed by atoms with Crippen LogP contribution in [0.25, 0.3) is 0 Å². The van der Waals surface area contributed by atoms with Gasteiger partial charge in [0, 0.05) is 0 Å². The highest BCUT2D eigenvalue weighted by atomic mass is 16.4. The maximum atomic E-state index is 11.1. The van der Waals surface area contributed by atoms with Crippen molar-refractivity contribution < 1.29 is 9.90 Å². The molecule has 15 heavy (non-hydrogen) atoms. The molecule has 0 aliphatic carbocycles. The second kappa shape index (κ2) is 4.97. The molecule has 0 spiro atoms. The van der Waals surface area contributed by atoms with Crippen molar-refractivity contribution in [2.24, 2.45) is 5.41 Å². The molecule has 1 fully saturated rings. The standard InChI is InChI=1S/C12H23NO2/c1-4-10(11(14)15)13-8-5-6-12(2,3)7-9-13/h10H,4-9H2,1-3H3,(H,14,15). The number of hydrogen-bond acceptors (Lipinski definition) is 2. The van der Waals surface area contributed by atoms with Crippen molar-refractivity contribution in [3.8, 4) is 0 Å². The number of rotatable bonds is 3. The van der Waals surface area contributed by atoms with Crippen LogP contribution in [0.4, 0.5) is 0 Å². The third kappa shape index (κ3) is 3.49. The maximum absolute atomic E-state index is 11.1. The van der Waals surface area contributed by atoms with Crippen molar-refractivity contribution in [2.75, 3.05) is 13.1 Å². The van der Waals surface area contributed by atoms with Gasteiger partial charge in [0.15, 0.2) is 0 Å². The molecule has 3 nitrogen and oxygen atoms in total. The normalized spacial score (nSPS) is 24.5. The first-order chi connectivity index (χ1) is 6.96. The van der Waals surface area contributed by atoms with Crippen LogP contribution in [0.2, 0.25) is 0 Å². The van der Waals surface area contributed by atoms with Gasteiger partial charge in [-0.3, -0.25) is 9.69 Å². The van der Waals surface area contributed by atoms with E-state index in [1.165, 1.54) is 6.42 Å². The molecule has 3 heteroatoms. The van der Waals surface area contributed by atoms with Gasteiger partial charge in [-0.25, -0.2) is 0 Å². The van der Waals surface area contributed by atoms with Gasteiger partial charge in [0.05, 0.1) is 0 Å². The second-order valence-electron chi connectivity index (χ2n) is 5.32. The molecule has 0 aromatic carbocycles. The highest BCUT2D eigenvalue weighted by Gasteiger charge is 2.29. The molecule has 1 atom stereocenters. The lowest BCUT2D eigenvalue weighted by Crippen LogP contribution is -2.41. The Morgan fingerprint density at radius 1 is 1.40 bits per heavy atom. The van der Waals surface area contributed by atoms with E-state index in [4.69, 9.17) is 5.11 Å². The molecule has 0 aromatic heterocycles. The van der Waals surface area contributed by atoms with Gasteiger partial charge >= 0.3 is 5.97 Å². The summed E-state index contributed by atoms with van der Waals surface area (Å²) in [4.78, 5) is 13.2. The van der Waals surface area contributed by atoms with Gasteiger partial charge in [-0.15, -0.1) is 0 Å². The fourth-order valence-corrected chi connectivity index (χ4v) is 2.34. The van der Waals surface area contributed by atoms with Gasteiger partial charge in [-0.2, -0.15) is 0 Å². The van der Waals surface area contributed by atoms with Crippen molar-refractivity contribution in [3.05, 3.63) is 0 Å². The predicted molar refractivity (Wildman–Crippen MR) is 60.9 cm³/mol. The zero-order valence-electron chi connectivity index (χ0n) is 10.1. The van der Waals surface area contributed by atoms with Crippen LogP contribution in [0.1, 0.15) is 46.5 Å². The molecule has 0 bridgehead atoms. The molecule has 0 amide bonds. The third-order valence-corrected chi connectivity index (χ3v) is 3.49. The molecule has 88 valence electrons. The van der Waals surface area contributed by atoms with Crippen molar-refractivity contribution in [1.82, 2.24) is 4.90 Å². The number of nitrogens with zero attached hydrogens (tertiary/aromatic N) is 1. The number of carboxylic acid groups (broad SMARTS) is 1. The van der Waals surface area contributed by atoms with Crippen LogP contribution in [0.5, 0.6) is 0 Å². The van der Waals surface area contributed by atoms with Crippen molar-refractivity contribution in [1.29, 1.82) is 0 Å². The SMILES string of the molecule is CCC(C(=O)O)N1CCCC(C)(C)CC1. The van der Waals surface area contributed by atoms with E-state index in [-0.39, 0.29) is 6.04 Å². The summed E-state index contributed by atoms with van der Waals surface area (Å²) in [6, 6.07) is -0.279. The maximum Gasteiger partial charge on any atom is 0.320 e. The Bertz CT molecular complexity index is 226. The first kappa shape index (κ1) is 12.5. The third-order valence-electron chi connectivity index (χ3n) is 3.49. The van der Waals surface area contributed by atoms with Gasteiger partial charge in [0.2, 0.25) is 0 Å². The number of likely N-dealkylation sites (tertiary alicyclic amines) is 1. The average Bonchev–Trinajstić information content (AvgIpc) is 2.28. The topological polar surface area (TPSA) is 40.5 Å². The Morgan fingerprint density at radius 2 is 2.07 bits per heavy atom. The van der Waals surface area contributed by atoms with Gasteiger partial charge < -0.3 is 5.11 Å². The molecule has 1 N–H and O–H groups in total. The van der Waals surface area contributed by atoms with Gasteiger partial charge in [-0.05, 0) is 44.2 Å². The molecule has 0 saturated carbocycles. The number of carbonyl (C=O) groups is 1. The van der Waals surface area contributed by atoms with Crippen LogP contribution in [0, 0.1) is 5.41 Å². The molecule has 0 radical (unpaired) electrons. The fourth-order valence-electron chi connectivity index (χ4n) is 2.34. The Kier molecular flexibility index (Phi) is 4.14. The lowest BCUT2D eigenvalue weighted by atomic mass is 9.85. The van der Waals surface area contributed by atoms with Gasteiger partial charge in [-0.1, -0.05) is 20.8 Å². The Hall–Kier alpha value is -0.570.